The molecule has 31 heavy (non-hydrogen) atoms. The maximum absolute atomic E-state index is 13.3. The van der Waals surface area contributed by atoms with E-state index in [1.165, 1.54) is 43.6 Å². The lowest BCUT2D eigenvalue weighted by Gasteiger charge is -2.56. The lowest BCUT2D eigenvalue weighted by Crippen LogP contribution is -2.51. The summed E-state index contributed by atoms with van der Waals surface area (Å²) in [4.78, 5) is 26.2. The Morgan fingerprint density at radius 2 is 1.84 bits per heavy atom. The summed E-state index contributed by atoms with van der Waals surface area (Å²) in [6, 6.07) is 0. The second kappa shape index (κ2) is 7.50. The van der Waals surface area contributed by atoms with Gasteiger partial charge in [-0.25, -0.2) is 0 Å². The second-order valence-corrected chi connectivity index (χ2v) is 11.6. The van der Waals surface area contributed by atoms with Crippen molar-refractivity contribution in [2.45, 2.75) is 90.7 Å². The average molecular weight is 428 g/mol. The van der Waals surface area contributed by atoms with E-state index in [0.29, 0.717) is 17.5 Å². The molecule has 4 saturated carbocycles. The third kappa shape index (κ3) is 3.59. The molecule has 1 aromatic rings. The van der Waals surface area contributed by atoms with Crippen LogP contribution in [0.4, 0.5) is 0 Å². The van der Waals surface area contributed by atoms with Crippen LogP contribution in [0.1, 0.15) is 89.0 Å². The summed E-state index contributed by atoms with van der Waals surface area (Å²) in [7, 11) is 0. The molecule has 0 unspecified atom stereocenters. The van der Waals surface area contributed by atoms with Crippen LogP contribution in [0.25, 0.3) is 0 Å². The van der Waals surface area contributed by atoms with E-state index in [4.69, 9.17) is 0 Å². The first-order valence-corrected chi connectivity index (χ1v) is 12.3. The smallest absolute Gasteiger partial charge is 0.181 e. The summed E-state index contributed by atoms with van der Waals surface area (Å²) in [5.41, 5.74) is -0.0563. The molecule has 8 atom stereocenters. The van der Waals surface area contributed by atoms with Gasteiger partial charge in [-0.15, -0.1) is 5.10 Å². The quantitative estimate of drug-likeness (QED) is 0.732. The van der Waals surface area contributed by atoms with Crippen LogP contribution in [0.5, 0.6) is 0 Å². The standard InChI is InChI=1S/C25H37N3O3/c1-15(29)22-13-26-28(27-22)14-23(30)21-7-6-20-19-5-4-16-12-24(2,31)10-8-17(16)18(19)9-11-25(20,21)3/h13,16-21,31H,4-12,14H2,1-3H3/t16-,17+,18-,19-,20+,21-,24-,25+/m1/s1. The number of carbonyl (C=O) groups excluding carboxylic acids is 2. The lowest BCUT2D eigenvalue weighted by atomic mass is 9.49. The highest BCUT2D eigenvalue weighted by atomic mass is 16.3. The van der Waals surface area contributed by atoms with E-state index in [1.54, 1.807) is 0 Å². The number of hydrogen-bond donors (Lipinski definition) is 1. The van der Waals surface area contributed by atoms with E-state index in [2.05, 4.69) is 17.1 Å². The molecule has 6 nitrogen and oxygen atoms in total. The van der Waals surface area contributed by atoms with Crippen molar-refractivity contribution in [3.8, 4) is 0 Å². The van der Waals surface area contributed by atoms with Crippen molar-refractivity contribution in [1.29, 1.82) is 0 Å². The molecule has 4 aliphatic carbocycles. The average Bonchev–Trinajstić information content (AvgIpc) is 3.31. The summed E-state index contributed by atoms with van der Waals surface area (Å²) in [6.07, 6.45) is 11.6. The van der Waals surface area contributed by atoms with Crippen LogP contribution in [0, 0.1) is 40.9 Å². The van der Waals surface area contributed by atoms with Gasteiger partial charge in [-0.1, -0.05) is 6.92 Å². The van der Waals surface area contributed by atoms with Crippen molar-refractivity contribution in [3.63, 3.8) is 0 Å². The molecule has 5 rings (SSSR count). The van der Waals surface area contributed by atoms with Crippen molar-refractivity contribution in [3.05, 3.63) is 11.9 Å². The molecule has 1 N–H and O–H groups in total. The van der Waals surface area contributed by atoms with Crippen LogP contribution in [0.3, 0.4) is 0 Å². The van der Waals surface area contributed by atoms with Gasteiger partial charge in [-0.2, -0.15) is 9.90 Å². The maximum Gasteiger partial charge on any atom is 0.181 e. The van der Waals surface area contributed by atoms with E-state index >= 15 is 0 Å². The molecule has 0 radical (unpaired) electrons. The Morgan fingerprint density at radius 3 is 2.58 bits per heavy atom. The van der Waals surface area contributed by atoms with Gasteiger partial charge in [0.25, 0.3) is 0 Å². The zero-order valence-electron chi connectivity index (χ0n) is 19.2. The maximum atomic E-state index is 13.3. The fraction of sp³-hybridized carbons (Fsp3) is 0.840. The number of rotatable bonds is 4. The van der Waals surface area contributed by atoms with Crippen LogP contribution in [-0.2, 0) is 11.3 Å². The molecule has 1 aromatic heterocycles. The van der Waals surface area contributed by atoms with Crippen LogP contribution in [0.15, 0.2) is 6.20 Å². The Hall–Kier alpha value is -1.56. The summed E-state index contributed by atoms with van der Waals surface area (Å²) >= 11 is 0. The molecule has 0 amide bonds. The largest absolute Gasteiger partial charge is 0.390 e. The Morgan fingerprint density at radius 1 is 1.06 bits per heavy atom. The molecule has 0 spiro atoms. The zero-order chi connectivity index (χ0) is 22.0. The van der Waals surface area contributed by atoms with Gasteiger partial charge in [-0.05, 0) is 99.7 Å². The van der Waals surface area contributed by atoms with Crippen molar-refractivity contribution >= 4 is 11.6 Å². The minimum absolute atomic E-state index is 0.0787. The first kappa shape index (κ1) is 21.3. The topological polar surface area (TPSA) is 85.1 Å². The number of ketones is 2. The van der Waals surface area contributed by atoms with Crippen molar-refractivity contribution < 1.29 is 14.7 Å². The minimum Gasteiger partial charge on any atom is -0.390 e. The van der Waals surface area contributed by atoms with E-state index in [9.17, 15) is 14.7 Å². The number of aromatic nitrogens is 3. The molecular weight excluding hydrogens is 390 g/mol. The molecule has 0 aliphatic heterocycles. The summed E-state index contributed by atoms with van der Waals surface area (Å²) in [5, 5.41) is 18.9. The zero-order valence-corrected chi connectivity index (χ0v) is 19.2. The summed E-state index contributed by atoms with van der Waals surface area (Å²) < 4.78 is 0. The van der Waals surface area contributed by atoms with Gasteiger partial charge >= 0.3 is 0 Å². The van der Waals surface area contributed by atoms with Gasteiger partial charge < -0.3 is 5.11 Å². The fourth-order valence-corrected chi connectivity index (χ4v) is 8.39. The van der Waals surface area contributed by atoms with Crippen molar-refractivity contribution in [2.75, 3.05) is 0 Å². The lowest BCUT2D eigenvalue weighted by molar-refractivity contribution is -0.133. The number of hydrogen-bond acceptors (Lipinski definition) is 5. The number of fused-ring (bicyclic) bond motifs is 5. The van der Waals surface area contributed by atoms with Gasteiger partial charge in [0.2, 0.25) is 0 Å². The minimum atomic E-state index is -0.467. The molecular formula is C25H37N3O3. The Kier molecular flexibility index (Phi) is 5.15. The predicted octanol–water partition coefficient (Wildman–Crippen LogP) is 4.07. The molecule has 0 aromatic carbocycles. The van der Waals surface area contributed by atoms with Crippen LogP contribution in [0.2, 0.25) is 0 Å². The highest BCUT2D eigenvalue weighted by Crippen LogP contribution is 2.64. The van der Waals surface area contributed by atoms with Gasteiger partial charge in [0.1, 0.15) is 12.2 Å². The van der Waals surface area contributed by atoms with E-state index in [0.717, 1.165) is 49.9 Å². The molecule has 1 heterocycles. The molecule has 0 bridgehead atoms. The summed E-state index contributed by atoms with van der Waals surface area (Å²) in [6.45, 7) is 6.04. The van der Waals surface area contributed by atoms with Gasteiger partial charge in [0.15, 0.2) is 11.6 Å². The molecule has 4 aliphatic rings. The van der Waals surface area contributed by atoms with Crippen LogP contribution < -0.4 is 0 Å². The number of aliphatic hydroxyl groups is 1. The highest BCUT2D eigenvalue weighted by molar-refractivity contribution is 5.91. The molecule has 6 heteroatoms. The van der Waals surface area contributed by atoms with Gasteiger partial charge in [0.05, 0.1) is 11.8 Å². The van der Waals surface area contributed by atoms with Crippen molar-refractivity contribution in [2.24, 2.45) is 40.9 Å². The summed E-state index contributed by atoms with van der Waals surface area (Å²) in [5.74, 6) is 3.82. The van der Waals surface area contributed by atoms with E-state index < -0.39 is 5.60 Å². The Bertz CT molecular complexity index is 877. The first-order chi connectivity index (χ1) is 14.7. The number of Topliss-reactive ketones (excluding diaryl/α,β-unsaturated/α-hetero) is 2. The number of carbonyl (C=O) groups is 2. The SMILES string of the molecule is CC(=O)c1cnn(CC(=O)[C@H]2CC[C@H]3[C@@H]4CC[C@@H]5C[C@](C)(O)CC[C@@H]5[C@H]4CC[C@]23C)n1. The molecule has 4 fully saturated rings. The molecule has 0 saturated heterocycles. The van der Waals surface area contributed by atoms with E-state index in [1.807, 2.05) is 6.92 Å². The Balaban J connectivity index is 1.29. The number of nitrogens with zero attached hydrogens (tertiary/aromatic N) is 3. The van der Waals surface area contributed by atoms with Gasteiger partial charge in [0, 0.05) is 12.8 Å². The fourth-order valence-electron chi connectivity index (χ4n) is 8.39. The van der Waals surface area contributed by atoms with Crippen LogP contribution in [-0.4, -0.2) is 37.3 Å². The van der Waals surface area contributed by atoms with E-state index in [-0.39, 0.29) is 29.4 Å². The predicted molar refractivity (Wildman–Crippen MR) is 116 cm³/mol. The first-order valence-electron chi connectivity index (χ1n) is 12.3. The third-order valence-corrected chi connectivity index (χ3v) is 9.82. The van der Waals surface area contributed by atoms with Crippen LogP contribution >= 0.6 is 0 Å². The van der Waals surface area contributed by atoms with Crippen molar-refractivity contribution in [1.82, 2.24) is 15.0 Å². The van der Waals surface area contributed by atoms with Gasteiger partial charge in [-0.3, -0.25) is 9.59 Å². The third-order valence-electron chi connectivity index (χ3n) is 9.82. The normalized spacial score (nSPS) is 44.3. The molecule has 170 valence electrons. The highest BCUT2D eigenvalue weighted by Gasteiger charge is 2.58. The monoisotopic (exact) mass is 427 g/mol. The Labute approximate surface area is 185 Å². The second-order valence-electron chi connectivity index (χ2n) is 11.6.